The Morgan fingerprint density at radius 3 is 2.67 bits per heavy atom. The maximum absolute atomic E-state index is 14.3. The van der Waals surface area contributed by atoms with Gasteiger partial charge in [-0.05, 0) is 35.9 Å². The number of carbonyl (C=O) groups excluding carboxylic acids is 2. The molecule has 1 heterocycles. The maximum atomic E-state index is 14.3. The Morgan fingerprint density at radius 1 is 1.10 bits per heavy atom. The molecule has 0 aromatic heterocycles. The first-order chi connectivity index (χ1) is 14.5. The van der Waals surface area contributed by atoms with Gasteiger partial charge in [0.05, 0.1) is 18.7 Å². The standard InChI is InChI=1S/C23H18ClFN2O3/c24-18-7-4-8-19(25)17(18)13-27-20-12-16(9-10-21(20)30-14-23(27)29)26-22(28)11-15-5-2-1-3-6-15/h1-10,12H,11,13-14H2,(H,26,28). The molecule has 152 valence electrons. The van der Waals surface area contributed by atoms with Crippen molar-refractivity contribution in [2.45, 2.75) is 13.0 Å². The Hall–Kier alpha value is -3.38. The van der Waals surface area contributed by atoms with Crippen LogP contribution in [0.15, 0.2) is 66.7 Å². The molecule has 0 saturated carbocycles. The van der Waals surface area contributed by atoms with Gasteiger partial charge in [0.1, 0.15) is 11.6 Å². The molecule has 5 nitrogen and oxygen atoms in total. The van der Waals surface area contributed by atoms with Crippen molar-refractivity contribution < 1.29 is 18.7 Å². The topological polar surface area (TPSA) is 58.6 Å². The Bertz CT molecular complexity index is 1080. The average Bonchev–Trinajstić information content (AvgIpc) is 2.73. The lowest BCUT2D eigenvalue weighted by molar-refractivity contribution is -0.121. The molecule has 0 radical (unpaired) electrons. The molecule has 1 aliphatic rings. The van der Waals surface area contributed by atoms with Crippen molar-refractivity contribution >= 4 is 34.8 Å². The van der Waals surface area contributed by atoms with E-state index >= 15 is 0 Å². The number of hydrogen-bond acceptors (Lipinski definition) is 3. The second kappa shape index (κ2) is 8.55. The Balaban J connectivity index is 1.58. The number of anilines is 2. The molecule has 3 aromatic carbocycles. The van der Waals surface area contributed by atoms with Gasteiger partial charge in [-0.1, -0.05) is 48.0 Å². The Labute approximate surface area is 178 Å². The smallest absolute Gasteiger partial charge is 0.265 e. The van der Waals surface area contributed by atoms with Gasteiger partial charge in [0.15, 0.2) is 6.61 Å². The van der Waals surface area contributed by atoms with E-state index in [1.165, 1.54) is 17.0 Å². The summed E-state index contributed by atoms with van der Waals surface area (Å²) in [6.07, 6.45) is 0.224. The fourth-order valence-corrected chi connectivity index (χ4v) is 3.50. The minimum absolute atomic E-state index is 0.0396. The fourth-order valence-electron chi connectivity index (χ4n) is 3.28. The van der Waals surface area contributed by atoms with Crippen molar-refractivity contribution in [1.29, 1.82) is 0 Å². The molecule has 0 bridgehead atoms. The number of nitrogens with zero attached hydrogens (tertiary/aromatic N) is 1. The Kier molecular flexibility index (Phi) is 5.68. The molecule has 3 aromatic rings. The summed E-state index contributed by atoms with van der Waals surface area (Å²) in [5.74, 6) is -0.527. The molecule has 0 spiro atoms. The van der Waals surface area contributed by atoms with Crippen LogP contribution < -0.4 is 15.0 Å². The van der Waals surface area contributed by atoms with E-state index in [4.69, 9.17) is 16.3 Å². The summed E-state index contributed by atoms with van der Waals surface area (Å²) in [7, 11) is 0. The van der Waals surface area contributed by atoms with Crippen LogP contribution in [0.25, 0.3) is 0 Å². The molecule has 0 fully saturated rings. The first kappa shape index (κ1) is 19.9. The van der Waals surface area contributed by atoms with Crippen LogP contribution >= 0.6 is 11.6 Å². The van der Waals surface area contributed by atoms with Crippen molar-refractivity contribution in [3.05, 3.63) is 88.7 Å². The molecule has 4 rings (SSSR count). The van der Waals surface area contributed by atoms with Crippen molar-refractivity contribution in [3.8, 4) is 5.75 Å². The number of carbonyl (C=O) groups is 2. The predicted molar refractivity (Wildman–Crippen MR) is 113 cm³/mol. The zero-order valence-corrected chi connectivity index (χ0v) is 16.7. The molecule has 0 saturated heterocycles. The van der Waals surface area contributed by atoms with Gasteiger partial charge in [0.25, 0.3) is 5.91 Å². The lowest BCUT2D eigenvalue weighted by atomic mass is 10.1. The van der Waals surface area contributed by atoms with Crippen LogP contribution in [-0.4, -0.2) is 18.4 Å². The predicted octanol–water partition coefficient (Wildman–Crippen LogP) is 4.59. The van der Waals surface area contributed by atoms with Crippen LogP contribution in [-0.2, 0) is 22.6 Å². The van der Waals surface area contributed by atoms with Crippen LogP contribution in [0.2, 0.25) is 5.02 Å². The van der Waals surface area contributed by atoms with Crippen molar-refractivity contribution in [2.24, 2.45) is 0 Å². The maximum Gasteiger partial charge on any atom is 0.265 e. The lowest BCUT2D eigenvalue weighted by Crippen LogP contribution is -2.38. The summed E-state index contributed by atoms with van der Waals surface area (Å²) in [6, 6.07) is 18.8. The van der Waals surface area contributed by atoms with Crippen LogP contribution in [0.1, 0.15) is 11.1 Å². The van der Waals surface area contributed by atoms with E-state index in [9.17, 15) is 14.0 Å². The zero-order chi connectivity index (χ0) is 21.1. The normalized spacial score (nSPS) is 12.9. The number of amides is 2. The molecular formula is C23H18ClFN2O3. The minimum atomic E-state index is -0.490. The highest BCUT2D eigenvalue weighted by Gasteiger charge is 2.27. The number of ether oxygens (including phenoxy) is 1. The van der Waals surface area contributed by atoms with Gasteiger partial charge in [0.2, 0.25) is 5.91 Å². The highest BCUT2D eigenvalue weighted by molar-refractivity contribution is 6.31. The molecule has 30 heavy (non-hydrogen) atoms. The van der Waals surface area contributed by atoms with E-state index < -0.39 is 5.82 Å². The SMILES string of the molecule is O=C(Cc1ccccc1)Nc1ccc2c(c1)N(Cc1c(F)cccc1Cl)C(=O)CO2. The number of nitrogens with one attached hydrogen (secondary N) is 1. The molecule has 0 aliphatic carbocycles. The summed E-state index contributed by atoms with van der Waals surface area (Å²) in [4.78, 5) is 26.3. The molecule has 2 amide bonds. The molecule has 0 unspecified atom stereocenters. The van der Waals surface area contributed by atoms with E-state index in [0.717, 1.165) is 5.56 Å². The molecule has 1 N–H and O–H groups in total. The first-order valence-electron chi connectivity index (χ1n) is 9.35. The third kappa shape index (κ3) is 4.28. The number of benzene rings is 3. The number of fused-ring (bicyclic) bond motifs is 1. The Morgan fingerprint density at radius 2 is 1.90 bits per heavy atom. The van der Waals surface area contributed by atoms with E-state index in [1.54, 1.807) is 24.3 Å². The van der Waals surface area contributed by atoms with Gasteiger partial charge in [-0.3, -0.25) is 9.59 Å². The van der Waals surface area contributed by atoms with Crippen LogP contribution in [0, 0.1) is 5.82 Å². The highest BCUT2D eigenvalue weighted by atomic mass is 35.5. The van der Waals surface area contributed by atoms with Crippen LogP contribution in [0.4, 0.5) is 15.8 Å². The summed E-state index contributed by atoms with van der Waals surface area (Å²) in [5, 5.41) is 3.07. The zero-order valence-electron chi connectivity index (χ0n) is 15.9. The summed E-state index contributed by atoms with van der Waals surface area (Å²) < 4.78 is 19.7. The summed E-state index contributed by atoms with van der Waals surface area (Å²) in [6.45, 7) is -0.194. The first-order valence-corrected chi connectivity index (χ1v) is 9.73. The lowest BCUT2D eigenvalue weighted by Gasteiger charge is -2.30. The van der Waals surface area contributed by atoms with Gasteiger partial charge < -0.3 is 15.0 Å². The number of rotatable bonds is 5. The van der Waals surface area contributed by atoms with Gasteiger partial charge >= 0.3 is 0 Å². The van der Waals surface area contributed by atoms with Gasteiger partial charge in [-0.25, -0.2) is 4.39 Å². The average molecular weight is 425 g/mol. The summed E-state index contributed by atoms with van der Waals surface area (Å²) in [5.41, 5.74) is 2.07. The molecule has 1 aliphatic heterocycles. The van der Waals surface area contributed by atoms with E-state index in [0.29, 0.717) is 17.1 Å². The minimum Gasteiger partial charge on any atom is -0.482 e. The molecule has 7 heteroatoms. The van der Waals surface area contributed by atoms with Gasteiger partial charge in [-0.2, -0.15) is 0 Å². The monoisotopic (exact) mass is 424 g/mol. The third-order valence-corrected chi connectivity index (χ3v) is 5.13. The molecule has 0 atom stereocenters. The van der Waals surface area contributed by atoms with E-state index in [2.05, 4.69) is 5.32 Å². The van der Waals surface area contributed by atoms with Crippen LogP contribution in [0.3, 0.4) is 0 Å². The third-order valence-electron chi connectivity index (χ3n) is 4.77. The van der Waals surface area contributed by atoms with Crippen molar-refractivity contribution in [3.63, 3.8) is 0 Å². The van der Waals surface area contributed by atoms with Crippen LogP contribution in [0.5, 0.6) is 5.75 Å². The summed E-state index contributed by atoms with van der Waals surface area (Å²) >= 11 is 6.13. The van der Waals surface area contributed by atoms with Crippen molar-refractivity contribution in [2.75, 3.05) is 16.8 Å². The number of halogens is 2. The van der Waals surface area contributed by atoms with E-state index in [1.807, 2.05) is 30.3 Å². The second-order valence-electron chi connectivity index (χ2n) is 6.86. The van der Waals surface area contributed by atoms with Gasteiger partial charge in [0, 0.05) is 16.3 Å². The highest BCUT2D eigenvalue weighted by Crippen LogP contribution is 2.36. The van der Waals surface area contributed by atoms with E-state index in [-0.39, 0.29) is 42.0 Å². The largest absolute Gasteiger partial charge is 0.482 e. The van der Waals surface area contributed by atoms with Gasteiger partial charge in [-0.15, -0.1) is 0 Å². The van der Waals surface area contributed by atoms with Crippen molar-refractivity contribution in [1.82, 2.24) is 0 Å². The fraction of sp³-hybridized carbons (Fsp3) is 0.130. The molecular weight excluding hydrogens is 407 g/mol. The second-order valence-corrected chi connectivity index (χ2v) is 7.27. The number of hydrogen-bond donors (Lipinski definition) is 1. The quantitative estimate of drug-likeness (QED) is 0.652.